The van der Waals surface area contributed by atoms with E-state index >= 15 is 0 Å². The van der Waals surface area contributed by atoms with E-state index in [-0.39, 0.29) is 17.6 Å². The molecular weight excluding hydrogens is 323 g/mol. The molecule has 0 aromatic carbocycles. The number of carbonyl (C=O) groups excluding carboxylic acids is 2. The summed E-state index contributed by atoms with van der Waals surface area (Å²) in [6.07, 6.45) is 1.06. The molecule has 2 amide bonds. The Morgan fingerprint density at radius 1 is 1.28 bits per heavy atom. The molecule has 0 fully saturated rings. The van der Waals surface area contributed by atoms with Gasteiger partial charge in [0.25, 0.3) is 5.91 Å². The van der Waals surface area contributed by atoms with Crippen molar-refractivity contribution in [2.45, 2.75) is 12.8 Å². The number of hydrogen-bond donors (Lipinski definition) is 2. The van der Waals surface area contributed by atoms with Crippen LogP contribution in [0.15, 0.2) is 21.2 Å². The van der Waals surface area contributed by atoms with E-state index in [1.54, 1.807) is 12.1 Å². The Kier molecular flexibility index (Phi) is 6.82. The van der Waals surface area contributed by atoms with Crippen molar-refractivity contribution in [3.63, 3.8) is 0 Å². The number of nitrogens with one attached hydrogen (secondary N) is 2. The molecule has 0 aliphatic rings. The Morgan fingerprint density at radius 3 is 2.61 bits per heavy atom. The van der Waals surface area contributed by atoms with Crippen molar-refractivity contribution in [3.05, 3.63) is 22.6 Å². The molecule has 1 rings (SSSR count). The summed E-state index contributed by atoms with van der Waals surface area (Å²) >= 11 is 8.58. The van der Waals surface area contributed by atoms with E-state index < -0.39 is 0 Å². The highest BCUT2D eigenvalue weighted by molar-refractivity contribution is 9.10. The third-order valence-electron chi connectivity index (χ3n) is 2.07. The first-order chi connectivity index (χ1) is 8.63. The second kappa shape index (κ2) is 8.16. The molecular formula is C11H14BrClN2O3. The third kappa shape index (κ3) is 5.55. The predicted octanol–water partition coefficient (Wildman–Crippen LogP) is 1.91. The van der Waals surface area contributed by atoms with Crippen LogP contribution in [-0.4, -0.2) is 30.8 Å². The summed E-state index contributed by atoms with van der Waals surface area (Å²) in [4.78, 5) is 22.7. The first-order valence-corrected chi connectivity index (χ1v) is 6.82. The van der Waals surface area contributed by atoms with Gasteiger partial charge in [-0.25, -0.2) is 0 Å². The van der Waals surface area contributed by atoms with Crippen LogP contribution in [0.1, 0.15) is 23.4 Å². The summed E-state index contributed by atoms with van der Waals surface area (Å²) in [5.41, 5.74) is 0. The second-order valence-electron chi connectivity index (χ2n) is 3.50. The standard InChI is InChI=1S/C11H14BrClN2O3/c12-9-4-3-8(18-9)11(17)15-7-6-14-10(16)2-1-5-13/h3-4H,1-2,5-7H2,(H,14,16)(H,15,17). The van der Waals surface area contributed by atoms with Crippen LogP contribution in [0.4, 0.5) is 0 Å². The first-order valence-electron chi connectivity index (χ1n) is 5.49. The zero-order chi connectivity index (χ0) is 13.4. The summed E-state index contributed by atoms with van der Waals surface area (Å²) in [5, 5.41) is 5.31. The Morgan fingerprint density at radius 2 is 2.00 bits per heavy atom. The maximum Gasteiger partial charge on any atom is 0.287 e. The van der Waals surface area contributed by atoms with Gasteiger partial charge in [-0.05, 0) is 34.5 Å². The number of amides is 2. The molecule has 0 spiro atoms. The predicted molar refractivity (Wildman–Crippen MR) is 71.7 cm³/mol. The van der Waals surface area contributed by atoms with Gasteiger partial charge in [-0.1, -0.05) is 0 Å². The van der Waals surface area contributed by atoms with E-state index in [2.05, 4.69) is 26.6 Å². The zero-order valence-corrected chi connectivity index (χ0v) is 12.0. The molecule has 0 radical (unpaired) electrons. The van der Waals surface area contributed by atoms with Crippen molar-refractivity contribution in [1.29, 1.82) is 0 Å². The van der Waals surface area contributed by atoms with Crippen LogP contribution in [0.5, 0.6) is 0 Å². The van der Waals surface area contributed by atoms with Crippen LogP contribution >= 0.6 is 27.5 Å². The van der Waals surface area contributed by atoms with Gasteiger partial charge in [-0.3, -0.25) is 9.59 Å². The molecule has 5 nitrogen and oxygen atoms in total. The minimum Gasteiger partial charge on any atom is -0.444 e. The van der Waals surface area contributed by atoms with Crippen molar-refractivity contribution in [3.8, 4) is 0 Å². The third-order valence-corrected chi connectivity index (χ3v) is 2.76. The van der Waals surface area contributed by atoms with Gasteiger partial charge < -0.3 is 15.1 Å². The van der Waals surface area contributed by atoms with Crippen molar-refractivity contribution in [2.24, 2.45) is 0 Å². The Balaban J connectivity index is 2.14. The van der Waals surface area contributed by atoms with E-state index in [0.29, 0.717) is 36.5 Å². The number of hydrogen-bond acceptors (Lipinski definition) is 3. The number of furan rings is 1. The molecule has 1 aromatic heterocycles. The summed E-state index contributed by atoms with van der Waals surface area (Å²) in [7, 11) is 0. The molecule has 1 heterocycles. The number of carbonyl (C=O) groups is 2. The van der Waals surface area contributed by atoms with Gasteiger partial charge in [0.1, 0.15) is 0 Å². The van der Waals surface area contributed by atoms with Gasteiger partial charge in [0.05, 0.1) is 0 Å². The fraction of sp³-hybridized carbons (Fsp3) is 0.455. The smallest absolute Gasteiger partial charge is 0.287 e. The van der Waals surface area contributed by atoms with Crippen LogP contribution in [0.2, 0.25) is 0 Å². The largest absolute Gasteiger partial charge is 0.444 e. The lowest BCUT2D eigenvalue weighted by atomic mass is 10.3. The van der Waals surface area contributed by atoms with Crippen LogP contribution in [-0.2, 0) is 4.79 Å². The zero-order valence-electron chi connectivity index (χ0n) is 9.67. The summed E-state index contributed by atoms with van der Waals surface area (Å²) < 4.78 is 5.58. The SMILES string of the molecule is O=C(CCCCl)NCCNC(=O)c1ccc(Br)o1. The molecule has 0 bridgehead atoms. The van der Waals surface area contributed by atoms with Crippen molar-refractivity contribution < 1.29 is 14.0 Å². The van der Waals surface area contributed by atoms with Gasteiger partial charge >= 0.3 is 0 Å². The Hall–Kier alpha value is -1.01. The molecule has 2 N–H and O–H groups in total. The quantitative estimate of drug-likeness (QED) is 0.590. The molecule has 100 valence electrons. The fourth-order valence-corrected chi connectivity index (χ4v) is 1.66. The maximum absolute atomic E-state index is 11.5. The number of rotatable bonds is 7. The summed E-state index contributed by atoms with van der Waals surface area (Å²) in [6, 6.07) is 3.21. The van der Waals surface area contributed by atoms with Crippen molar-refractivity contribution >= 4 is 39.3 Å². The van der Waals surface area contributed by atoms with E-state index in [1.165, 1.54) is 0 Å². The highest BCUT2D eigenvalue weighted by Gasteiger charge is 2.09. The molecule has 1 aromatic rings. The first kappa shape index (κ1) is 15.0. The van der Waals surface area contributed by atoms with Crippen LogP contribution in [0, 0.1) is 0 Å². The van der Waals surface area contributed by atoms with Crippen molar-refractivity contribution in [1.82, 2.24) is 10.6 Å². The molecule has 0 aliphatic carbocycles. The normalized spacial score (nSPS) is 10.1. The lowest BCUT2D eigenvalue weighted by Gasteiger charge is -2.05. The molecule has 0 atom stereocenters. The van der Waals surface area contributed by atoms with Gasteiger partial charge in [0.2, 0.25) is 5.91 Å². The van der Waals surface area contributed by atoms with E-state index in [1.807, 2.05) is 0 Å². The molecule has 18 heavy (non-hydrogen) atoms. The number of halogens is 2. The fourth-order valence-electron chi connectivity index (χ4n) is 1.22. The highest BCUT2D eigenvalue weighted by atomic mass is 79.9. The Labute approximate surface area is 118 Å². The Bertz CT molecular complexity index is 409. The lowest BCUT2D eigenvalue weighted by molar-refractivity contribution is -0.121. The number of alkyl halides is 1. The van der Waals surface area contributed by atoms with Crippen LogP contribution < -0.4 is 10.6 Å². The average Bonchev–Trinajstić information content (AvgIpc) is 2.78. The minimum absolute atomic E-state index is 0.0642. The van der Waals surface area contributed by atoms with Crippen LogP contribution in [0.25, 0.3) is 0 Å². The minimum atomic E-state index is -0.310. The van der Waals surface area contributed by atoms with E-state index in [9.17, 15) is 9.59 Å². The van der Waals surface area contributed by atoms with Gasteiger partial charge in [-0.2, -0.15) is 0 Å². The average molecular weight is 338 g/mol. The van der Waals surface area contributed by atoms with E-state index in [0.717, 1.165) is 0 Å². The lowest BCUT2D eigenvalue weighted by Crippen LogP contribution is -2.34. The summed E-state index contributed by atoms with van der Waals surface area (Å²) in [5.74, 6) is 0.328. The molecule has 0 aliphatic heterocycles. The molecule has 0 unspecified atom stereocenters. The maximum atomic E-state index is 11.5. The molecule has 0 saturated carbocycles. The topological polar surface area (TPSA) is 71.3 Å². The van der Waals surface area contributed by atoms with Crippen molar-refractivity contribution in [2.75, 3.05) is 19.0 Å². The van der Waals surface area contributed by atoms with Gasteiger partial charge in [0.15, 0.2) is 10.4 Å². The molecule has 7 heteroatoms. The van der Waals surface area contributed by atoms with Gasteiger partial charge in [0, 0.05) is 25.4 Å². The highest BCUT2D eigenvalue weighted by Crippen LogP contribution is 2.13. The summed E-state index contributed by atoms with van der Waals surface area (Å²) in [6.45, 7) is 0.735. The second-order valence-corrected chi connectivity index (χ2v) is 4.66. The monoisotopic (exact) mass is 336 g/mol. The van der Waals surface area contributed by atoms with E-state index in [4.69, 9.17) is 16.0 Å². The van der Waals surface area contributed by atoms with Crippen LogP contribution in [0.3, 0.4) is 0 Å². The molecule has 0 saturated heterocycles. The van der Waals surface area contributed by atoms with Gasteiger partial charge in [-0.15, -0.1) is 11.6 Å².